The second-order valence-electron chi connectivity index (χ2n) is 12.1. The van der Waals surface area contributed by atoms with Crippen LogP contribution in [-0.2, 0) is 4.74 Å². The number of aromatic nitrogens is 1. The Balaban J connectivity index is 1.18. The number of ether oxygens (including phenoxy) is 1. The molecule has 3 nitrogen and oxygen atoms in total. The van der Waals surface area contributed by atoms with Crippen molar-refractivity contribution in [2.24, 2.45) is 11.3 Å². The fourth-order valence-electron chi connectivity index (χ4n) is 8.98. The fraction of sp³-hybridized carbons (Fsp3) is 0.567. The van der Waals surface area contributed by atoms with E-state index in [4.69, 9.17) is 4.74 Å². The molecule has 4 heterocycles. The van der Waals surface area contributed by atoms with E-state index in [-0.39, 0.29) is 16.6 Å². The smallest absolute Gasteiger partial charge is 0.0974 e. The summed E-state index contributed by atoms with van der Waals surface area (Å²) < 4.78 is 7.45. The van der Waals surface area contributed by atoms with Gasteiger partial charge in [-0.1, -0.05) is 31.2 Å². The normalized spacial score (nSPS) is 43.5. The summed E-state index contributed by atoms with van der Waals surface area (Å²) in [5, 5.41) is 2.57. The molecule has 2 bridgehead atoms. The van der Waals surface area contributed by atoms with Gasteiger partial charge in [0.2, 0.25) is 0 Å². The molecule has 2 aromatic rings. The number of rotatable bonds is 2. The average Bonchev–Trinajstić information content (AvgIpc) is 3.56. The highest BCUT2D eigenvalue weighted by atomic mass is 16.5. The maximum absolute atomic E-state index is 7.45. The molecule has 6 atom stereocenters. The number of hydrogen-bond donors (Lipinski definition) is 0. The lowest BCUT2D eigenvalue weighted by molar-refractivity contribution is -0.138. The first kappa shape index (κ1) is 19.3. The van der Waals surface area contributed by atoms with E-state index in [0.29, 0.717) is 11.8 Å². The number of benzene rings is 1. The Morgan fingerprint density at radius 1 is 1.06 bits per heavy atom. The summed E-state index contributed by atoms with van der Waals surface area (Å²) in [6.07, 6.45) is 19.2. The topological polar surface area (TPSA) is 25.1 Å². The number of hydrogen-bond acceptors (Lipinski definition) is 3. The van der Waals surface area contributed by atoms with E-state index in [0.717, 1.165) is 6.04 Å². The third kappa shape index (κ3) is 2.51. The van der Waals surface area contributed by atoms with Gasteiger partial charge in [-0.25, -0.2) is 0 Å². The Morgan fingerprint density at radius 2 is 2.00 bits per heavy atom. The lowest BCUT2D eigenvalue weighted by atomic mass is 9.58. The highest BCUT2D eigenvalue weighted by molar-refractivity contribution is 5.82. The molecule has 2 saturated heterocycles. The molecular weight excluding hydrogens is 404 g/mol. The summed E-state index contributed by atoms with van der Waals surface area (Å²) in [6, 6.07) is 9.99. The van der Waals surface area contributed by atoms with Gasteiger partial charge >= 0.3 is 0 Å². The lowest BCUT2D eigenvalue weighted by Gasteiger charge is -2.54. The van der Waals surface area contributed by atoms with Crippen molar-refractivity contribution in [1.29, 1.82) is 0 Å². The molecule has 2 saturated carbocycles. The number of pyridine rings is 1. The van der Waals surface area contributed by atoms with Gasteiger partial charge in [-0.2, -0.15) is 0 Å². The zero-order chi connectivity index (χ0) is 21.8. The third-order valence-corrected chi connectivity index (χ3v) is 10.7. The lowest BCUT2D eigenvalue weighted by Crippen LogP contribution is -2.54. The third-order valence-electron chi connectivity index (χ3n) is 10.7. The van der Waals surface area contributed by atoms with Crippen LogP contribution in [0.4, 0.5) is 0 Å². The van der Waals surface area contributed by atoms with Crippen molar-refractivity contribution in [3.63, 3.8) is 0 Å². The molecule has 1 aromatic heterocycles. The molecule has 33 heavy (non-hydrogen) atoms. The molecule has 170 valence electrons. The predicted octanol–water partition coefficient (Wildman–Crippen LogP) is 6.16. The summed E-state index contributed by atoms with van der Waals surface area (Å²) in [6.45, 7) is 5.19. The van der Waals surface area contributed by atoms with Gasteiger partial charge < -0.3 is 4.74 Å². The molecule has 0 N–H and O–H groups in total. The molecular formula is C30H34N2O. The van der Waals surface area contributed by atoms with Gasteiger partial charge in [0.25, 0.3) is 0 Å². The van der Waals surface area contributed by atoms with Crippen LogP contribution >= 0.6 is 0 Å². The SMILES string of the molecule is C[C@]12CC=C3C=C4CC[C@H](N5CC5)C[C@]45CC[C@]3(O5)[C@@H]1CC[C@@H]2c1ccc2ccncc2c1. The number of nitrogens with zero attached hydrogens (tertiary/aromatic N) is 2. The Bertz CT molecular complexity index is 1230. The van der Waals surface area contributed by atoms with E-state index in [1.54, 1.807) is 11.1 Å². The van der Waals surface area contributed by atoms with Crippen LogP contribution < -0.4 is 0 Å². The Kier molecular flexibility index (Phi) is 3.73. The molecule has 0 unspecified atom stereocenters. The van der Waals surface area contributed by atoms with Gasteiger partial charge in [-0.15, -0.1) is 0 Å². The second-order valence-corrected chi connectivity index (χ2v) is 12.1. The van der Waals surface area contributed by atoms with E-state index in [2.05, 4.69) is 53.2 Å². The molecule has 6 aliphatic rings. The van der Waals surface area contributed by atoms with Crippen LogP contribution in [0.1, 0.15) is 69.8 Å². The first-order valence-electron chi connectivity index (χ1n) is 13.3. The van der Waals surface area contributed by atoms with Crippen molar-refractivity contribution < 1.29 is 4.74 Å². The van der Waals surface area contributed by atoms with Crippen molar-refractivity contribution in [3.8, 4) is 0 Å². The fourth-order valence-corrected chi connectivity index (χ4v) is 8.98. The van der Waals surface area contributed by atoms with Crippen LogP contribution in [0.15, 0.2) is 60.0 Å². The van der Waals surface area contributed by atoms with Crippen LogP contribution in [-0.4, -0.2) is 40.2 Å². The highest BCUT2D eigenvalue weighted by Crippen LogP contribution is 2.69. The van der Waals surface area contributed by atoms with Crippen LogP contribution in [0.25, 0.3) is 10.8 Å². The Labute approximate surface area is 196 Å². The van der Waals surface area contributed by atoms with Crippen LogP contribution in [0.5, 0.6) is 0 Å². The maximum atomic E-state index is 7.45. The van der Waals surface area contributed by atoms with E-state index in [9.17, 15) is 0 Å². The number of fused-ring (bicyclic) bond motifs is 2. The summed E-state index contributed by atoms with van der Waals surface area (Å²) in [5.41, 5.74) is 4.94. The molecule has 3 aliphatic heterocycles. The predicted molar refractivity (Wildman–Crippen MR) is 131 cm³/mol. The van der Waals surface area contributed by atoms with Crippen LogP contribution in [0, 0.1) is 11.3 Å². The molecule has 1 aromatic carbocycles. The molecule has 3 heteroatoms. The molecule has 0 radical (unpaired) electrons. The van der Waals surface area contributed by atoms with Crippen molar-refractivity contribution in [3.05, 3.63) is 65.5 Å². The summed E-state index contributed by atoms with van der Waals surface area (Å²) in [5.74, 6) is 1.22. The molecule has 4 fully saturated rings. The summed E-state index contributed by atoms with van der Waals surface area (Å²) in [7, 11) is 0. The first-order valence-corrected chi connectivity index (χ1v) is 13.3. The Morgan fingerprint density at radius 3 is 2.91 bits per heavy atom. The van der Waals surface area contributed by atoms with Crippen LogP contribution in [0.2, 0.25) is 0 Å². The van der Waals surface area contributed by atoms with Gasteiger partial charge in [0.1, 0.15) is 0 Å². The van der Waals surface area contributed by atoms with Crippen molar-refractivity contribution >= 4 is 10.8 Å². The second kappa shape index (κ2) is 6.37. The van der Waals surface area contributed by atoms with Gasteiger partial charge in [0.15, 0.2) is 0 Å². The minimum absolute atomic E-state index is 0.0355. The quantitative estimate of drug-likeness (QED) is 0.525. The zero-order valence-electron chi connectivity index (χ0n) is 19.7. The van der Waals surface area contributed by atoms with Gasteiger partial charge in [0.05, 0.1) is 11.2 Å². The standard InChI is InChI=1S/C30H34N2O/c1-28-10-8-24-17-23-4-5-25(32-14-15-32)18-29(23)11-12-30(24,33-29)27(28)7-6-26(28)21-3-2-20-9-13-31-19-22(20)16-21/h2-3,8-9,13,16-17,19,25-27H,4-7,10-12,14-15,18H2,1H3/t25-,26+,27+,28+,29+,30+/m0/s1. The van der Waals surface area contributed by atoms with E-state index in [1.165, 1.54) is 80.8 Å². The monoisotopic (exact) mass is 438 g/mol. The Hall–Kier alpha value is -1.97. The first-order chi connectivity index (χ1) is 16.1. The molecule has 0 amide bonds. The van der Waals surface area contributed by atoms with E-state index in [1.807, 2.05) is 12.4 Å². The van der Waals surface area contributed by atoms with Crippen molar-refractivity contribution in [2.45, 2.75) is 81.5 Å². The zero-order valence-corrected chi connectivity index (χ0v) is 19.7. The van der Waals surface area contributed by atoms with Gasteiger partial charge in [-0.3, -0.25) is 9.88 Å². The molecule has 8 rings (SSSR count). The average molecular weight is 439 g/mol. The largest absolute Gasteiger partial charge is 0.359 e. The summed E-state index contributed by atoms with van der Waals surface area (Å²) in [4.78, 5) is 7.06. The summed E-state index contributed by atoms with van der Waals surface area (Å²) >= 11 is 0. The molecule has 3 aliphatic carbocycles. The van der Waals surface area contributed by atoms with E-state index < -0.39 is 0 Å². The van der Waals surface area contributed by atoms with Gasteiger partial charge in [-0.05, 0) is 103 Å². The minimum atomic E-state index is -0.0373. The molecule has 2 spiro atoms. The van der Waals surface area contributed by atoms with Crippen molar-refractivity contribution in [2.75, 3.05) is 13.1 Å². The maximum Gasteiger partial charge on any atom is 0.0974 e. The number of allylic oxidation sites excluding steroid dienone is 1. The minimum Gasteiger partial charge on any atom is -0.359 e. The van der Waals surface area contributed by atoms with E-state index >= 15 is 0 Å². The van der Waals surface area contributed by atoms with Crippen molar-refractivity contribution in [1.82, 2.24) is 9.88 Å². The van der Waals surface area contributed by atoms with Crippen LogP contribution in [0.3, 0.4) is 0 Å². The highest BCUT2D eigenvalue weighted by Gasteiger charge is 2.66. The van der Waals surface area contributed by atoms with Gasteiger partial charge in [0, 0.05) is 36.9 Å².